The molecule has 0 unspecified atom stereocenters. The zero-order chi connectivity index (χ0) is 18.8. The molecule has 0 aromatic heterocycles. The van der Waals surface area contributed by atoms with E-state index in [1.807, 2.05) is 13.8 Å². The minimum atomic E-state index is -4.66. The summed E-state index contributed by atoms with van der Waals surface area (Å²) >= 11 is 0. The SMILES string of the molecule is CC(C)c1ccc(S(=O)(=O)NCc2ccc(C(F)(F)F)cc2F)cc1. The summed E-state index contributed by atoms with van der Waals surface area (Å²) in [7, 11) is -3.90. The zero-order valence-corrected chi connectivity index (χ0v) is 14.4. The average Bonchev–Trinajstić information content (AvgIpc) is 2.53. The van der Waals surface area contributed by atoms with Gasteiger partial charge in [0.25, 0.3) is 0 Å². The van der Waals surface area contributed by atoms with Crippen molar-refractivity contribution in [2.24, 2.45) is 0 Å². The molecule has 136 valence electrons. The molecular weight excluding hydrogens is 358 g/mol. The molecule has 2 aromatic carbocycles. The molecule has 2 aromatic rings. The van der Waals surface area contributed by atoms with Crippen LogP contribution < -0.4 is 4.72 Å². The first-order chi connectivity index (χ1) is 11.5. The molecule has 0 aliphatic heterocycles. The van der Waals surface area contributed by atoms with Crippen LogP contribution in [0.1, 0.15) is 36.5 Å². The molecule has 0 bridgehead atoms. The van der Waals surface area contributed by atoms with Crippen molar-refractivity contribution in [2.75, 3.05) is 0 Å². The monoisotopic (exact) mass is 375 g/mol. The fraction of sp³-hybridized carbons (Fsp3) is 0.294. The van der Waals surface area contributed by atoms with E-state index >= 15 is 0 Å². The van der Waals surface area contributed by atoms with E-state index in [9.17, 15) is 26.0 Å². The Balaban J connectivity index is 2.14. The Morgan fingerprint density at radius 3 is 2.12 bits per heavy atom. The summed E-state index contributed by atoms with van der Waals surface area (Å²) in [6.07, 6.45) is -4.66. The molecule has 3 nitrogen and oxygen atoms in total. The summed E-state index contributed by atoms with van der Waals surface area (Å²) in [6, 6.07) is 8.20. The van der Waals surface area contributed by atoms with Crippen molar-refractivity contribution in [1.82, 2.24) is 4.72 Å². The molecule has 1 N–H and O–H groups in total. The third-order valence-electron chi connectivity index (χ3n) is 3.69. The highest BCUT2D eigenvalue weighted by atomic mass is 32.2. The van der Waals surface area contributed by atoms with E-state index in [4.69, 9.17) is 0 Å². The van der Waals surface area contributed by atoms with Crippen LogP contribution in [0.4, 0.5) is 17.6 Å². The van der Waals surface area contributed by atoms with Crippen molar-refractivity contribution in [1.29, 1.82) is 0 Å². The van der Waals surface area contributed by atoms with Crippen molar-refractivity contribution in [2.45, 2.75) is 37.4 Å². The van der Waals surface area contributed by atoms with Gasteiger partial charge in [-0.25, -0.2) is 17.5 Å². The van der Waals surface area contributed by atoms with Gasteiger partial charge in [0, 0.05) is 12.1 Å². The highest BCUT2D eigenvalue weighted by Gasteiger charge is 2.31. The molecule has 0 spiro atoms. The van der Waals surface area contributed by atoms with Crippen LogP contribution in [0, 0.1) is 5.82 Å². The predicted octanol–water partition coefficient (Wildman–Crippen LogP) is 4.45. The molecule has 0 fully saturated rings. The van der Waals surface area contributed by atoms with Crippen molar-refractivity contribution >= 4 is 10.0 Å². The van der Waals surface area contributed by atoms with Gasteiger partial charge in [-0.05, 0) is 35.7 Å². The minimum Gasteiger partial charge on any atom is -0.207 e. The fourth-order valence-electron chi connectivity index (χ4n) is 2.15. The van der Waals surface area contributed by atoms with Gasteiger partial charge < -0.3 is 0 Å². The van der Waals surface area contributed by atoms with E-state index in [0.29, 0.717) is 12.1 Å². The highest BCUT2D eigenvalue weighted by Crippen LogP contribution is 2.30. The van der Waals surface area contributed by atoms with Crippen LogP contribution in [0.25, 0.3) is 0 Å². The predicted molar refractivity (Wildman–Crippen MR) is 86.0 cm³/mol. The Labute approximate surface area is 143 Å². The first-order valence-electron chi connectivity index (χ1n) is 7.46. The highest BCUT2D eigenvalue weighted by molar-refractivity contribution is 7.89. The third kappa shape index (κ3) is 4.79. The van der Waals surface area contributed by atoms with Crippen LogP contribution in [0.15, 0.2) is 47.4 Å². The maximum atomic E-state index is 13.8. The number of rotatable bonds is 5. The van der Waals surface area contributed by atoms with E-state index in [0.717, 1.165) is 11.6 Å². The largest absolute Gasteiger partial charge is 0.416 e. The lowest BCUT2D eigenvalue weighted by atomic mass is 10.0. The standard InChI is InChI=1S/C17H17F4NO2S/c1-11(2)12-4-7-15(8-5-12)25(23,24)22-10-13-3-6-14(9-16(13)18)17(19,20)21/h3-9,11,22H,10H2,1-2H3. The summed E-state index contributed by atoms with van der Waals surface area (Å²) in [6.45, 7) is 3.49. The maximum Gasteiger partial charge on any atom is 0.416 e. The van der Waals surface area contributed by atoms with Gasteiger partial charge in [0.15, 0.2) is 0 Å². The van der Waals surface area contributed by atoms with Crippen molar-refractivity contribution in [3.05, 3.63) is 65.0 Å². The quantitative estimate of drug-likeness (QED) is 0.785. The van der Waals surface area contributed by atoms with E-state index in [1.165, 1.54) is 12.1 Å². The molecule has 25 heavy (non-hydrogen) atoms. The molecule has 0 heterocycles. The molecule has 0 amide bonds. The maximum absolute atomic E-state index is 13.8. The number of sulfonamides is 1. The lowest BCUT2D eigenvalue weighted by Gasteiger charge is -2.11. The van der Waals surface area contributed by atoms with E-state index < -0.39 is 34.1 Å². The number of alkyl halides is 3. The van der Waals surface area contributed by atoms with Crippen LogP contribution in [0.5, 0.6) is 0 Å². The first kappa shape index (κ1) is 19.4. The second-order valence-electron chi connectivity index (χ2n) is 5.85. The lowest BCUT2D eigenvalue weighted by Crippen LogP contribution is -2.24. The Hall–Kier alpha value is -1.93. The fourth-order valence-corrected chi connectivity index (χ4v) is 3.16. The van der Waals surface area contributed by atoms with E-state index in [1.54, 1.807) is 12.1 Å². The smallest absolute Gasteiger partial charge is 0.207 e. The molecule has 0 aliphatic carbocycles. The average molecular weight is 375 g/mol. The summed E-state index contributed by atoms with van der Waals surface area (Å²) in [5.74, 6) is -0.876. The lowest BCUT2D eigenvalue weighted by molar-refractivity contribution is -0.137. The van der Waals surface area contributed by atoms with Gasteiger partial charge in [-0.3, -0.25) is 0 Å². The van der Waals surface area contributed by atoms with Gasteiger partial charge in [-0.2, -0.15) is 13.2 Å². The van der Waals surface area contributed by atoms with Crippen LogP contribution in [0.3, 0.4) is 0 Å². The second-order valence-corrected chi connectivity index (χ2v) is 7.62. The van der Waals surface area contributed by atoms with Crippen LogP contribution >= 0.6 is 0 Å². The number of halogens is 4. The molecule has 0 saturated heterocycles. The summed E-state index contributed by atoms with van der Waals surface area (Å²) in [5.41, 5.74) is -0.330. The Morgan fingerprint density at radius 1 is 1.04 bits per heavy atom. The van der Waals surface area contributed by atoms with Crippen LogP contribution in [-0.2, 0) is 22.7 Å². The Morgan fingerprint density at radius 2 is 1.64 bits per heavy atom. The van der Waals surface area contributed by atoms with Gasteiger partial charge in [-0.1, -0.05) is 32.0 Å². The van der Waals surface area contributed by atoms with Gasteiger partial charge in [0.05, 0.1) is 10.5 Å². The summed E-state index contributed by atoms with van der Waals surface area (Å²) in [5, 5.41) is 0. The van der Waals surface area contributed by atoms with Crippen molar-refractivity contribution < 1.29 is 26.0 Å². The van der Waals surface area contributed by atoms with Crippen LogP contribution in [-0.4, -0.2) is 8.42 Å². The summed E-state index contributed by atoms with van der Waals surface area (Å²) < 4.78 is 77.9. The zero-order valence-electron chi connectivity index (χ0n) is 13.6. The normalized spacial score (nSPS) is 12.6. The number of hydrogen-bond acceptors (Lipinski definition) is 2. The molecule has 0 saturated carbocycles. The van der Waals surface area contributed by atoms with E-state index in [2.05, 4.69) is 4.72 Å². The molecular formula is C17H17F4NO2S. The first-order valence-corrected chi connectivity index (χ1v) is 8.94. The van der Waals surface area contributed by atoms with Gasteiger partial charge in [0.1, 0.15) is 5.82 Å². The number of benzene rings is 2. The molecule has 8 heteroatoms. The van der Waals surface area contributed by atoms with Gasteiger partial charge in [-0.15, -0.1) is 0 Å². The Bertz CT molecular complexity index is 844. The molecule has 2 rings (SSSR count). The topological polar surface area (TPSA) is 46.2 Å². The number of hydrogen-bond donors (Lipinski definition) is 1. The third-order valence-corrected chi connectivity index (χ3v) is 5.11. The van der Waals surface area contributed by atoms with Crippen molar-refractivity contribution in [3.63, 3.8) is 0 Å². The minimum absolute atomic E-state index is 0.00391. The number of nitrogens with one attached hydrogen (secondary N) is 1. The molecule has 0 radical (unpaired) electrons. The van der Waals surface area contributed by atoms with Gasteiger partial charge >= 0.3 is 6.18 Å². The van der Waals surface area contributed by atoms with Gasteiger partial charge in [0.2, 0.25) is 10.0 Å². The molecule has 0 aliphatic rings. The second kappa shape index (κ2) is 7.13. The molecule has 0 atom stereocenters. The van der Waals surface area contributed by atoms with Crippen LogP contribution in [0.2, 0.25) is 0 Å². The summed E-state index contributed by atoms with van der Waals surface area (Å²) in [4.78, 5) is 0.00391. The van der Waals surface area contributed by atoms with E-state index in [-0.39, 0.29) is 16.4 Å². The Kier molecular flexibility index (Phi) is 5.53. The van der Waals surface area contributed by atoms with Crippen molar-refractivity contribution in [3.8, 4) is 0 Å².